The van der Waals surface area contributed by atoms with Crippen molar-refractivity contribution in [2.75, 3.05) is 13.7 Å². The van der Waals surface area contributed by atoms with Gasteiger partial charge in [0.15, 0.2) is 0 Å². The van der Waals surface area contributed by atoms with Gasteiger partial charge in [-0.3, -0.25) is 9.59 Å². The summed E-state index contributed by atoms with van der Waals surface area (Å²) in [6.45, 7) is 3.71. The lowest BCUT2D eigenvalue weighted by Crippen LogP contribution is -2.54. The minimum Gasteiger partial charge on any atom is -0.493 e. The summed E-state index contributed by atoms with van der Waals surface area (Å²) >= 11 is 0. The highest BCUT2D eigenvalue weighted by Gasteiger charge is 2.29. The van der Waals surface area contributed by atoms with Gasteiger partial charge >= 0.3 is 0 Å². The van der Waals surface area contributed by atoms with E-state index in [1.165, 1.54) is 39.5 Å². The predicted molar refractivity (Wildman–Crippen MR) is 100 cm³/mol. The normalized spacial score (nSPS) is 19.8. The van der Waals surface area contributed by atoms with Gasteiger partial charge in [-0.05, 0) is 50.8 Å². The molecule has 2 aliphatic carbocycles. The van der Waals surface area contributed by atoms with Crippen molar-refractivity contribution in [1.82, 2.24) is 10.6 Å². The Morgan fingerprint density at radius 3 is 2.54 bits per heavy atom. The summed E-state index contributed by atoms with van der Waals surface area (Å²) in [7, 11) is 1.59. The largest absolute Gasteiger partial charge is 0.493 e. The molecule has 2 rings (SSSR count). The Bertz CT molecular complexity index is 683. The van der Waals surface area contributed by atoms with Crippen LogP contribution in [0.15, 0.2) is 35.3 Å². The first-order chi connectivity index (χ1) is 12.2. The average molecular weight is 360 g/mol. The second-order valence-electron chi connectivity index (χ2n) is 7.24. The van der Waals surface area contributed by atoms with Gasteiger partial charge < -0.3 is 26.5 Å². The summed E-state index contributed by atoms with van der Waals surface area (Å²) in [4.78, 5) is 24.0. The van der Waals surface area contributed by atoms with Crippen LogP contribution >= 0.6 is 0 Å². The first-order valence-corrected chi connectivity index (χ1v) is 8.90. The van der Waals surface area contributed by atoms with E-state index in [1.807, 2.05) is 0 Å². The molecule has 0 aromatic rings. The van der Waals surface area contributed by atoms with Gasteiger partial charge in [-0.25, -0.2) is 0 Å². The Labute approximate surface area is 154 Å². The minimum atomic E-state index is -1.20. The number of amides is 2. The molecule has 7 nitrogen and oxygen atoms in total. The van der Waals surface area contributed by atoms with Crippen LogP contribution in [-0.4, -0.2) is 36.7 Å². The van der Waals surface area contributed by atoms with E-state index in [9.17, 15) is 9.59 Å². The zero-order valence-corrected chi connectivity index (χ0v) is 15.6. The number of allylic oxidation sites excluding steroid dienone is 4. The number of nitrogens with two attached hydrogens (primary N) is 1. The van der Waals surface area contributed by atoms with Crippen molar-refractivity contribution in [3.63, 3.8) is 0 Å². The molecule has 0 heterocycles. The summed E-state index contributed by atoms with van der Waals surface area (Å²) in [6.07, 6.45) is 9.88. The number of primary amides is 1. The Morgan fingerprint density at radius 1 is 1.31 bits per heavy atom. The Morgan fingerprint density at radius 2 is 1.96 bits per heavy atom. The summed E-state index contributed by atoms with van der Waals surface area (Å²) in [6, 6.07) is 0. The van der Waals surface area contributed by atoms with E-state index in [-0.39, 0.29) is 11.4 Å². The molecule has 142 valence electrons. The molecule has 2 amide bonds. The van der Waals surface area contributed by atoms with E-state index in [0.717, 1.165) is 0 Å². The quantitative estimate of drug-likeness (QED) is 0.515. The van der Waals surface area contributed by atoms with Crippen molar-refractivity contribution in [2.45, 2.75) is 45.1 Å². The summed E-state index contributed by atoms with van der Waals surface area (Å²) in [5, 5.41) is 13.5. The van der Waals surface area contributed by atoms with Gasteiger partial charge in [-0.1, -0.05) is 12.8 Å². The van der Waals surface area contributed by atoms with E-state index in [2.05, 4.69) is 10.6 Å². The van der Waals surface area contributed by atoms with Gasteiger partial charge in [-0.15, -0.1) is 0 Å². The summed E-state index contributed by atoms with van der Waals surface area (Å²) in [5.74, 6) is 0.0537. The molecule has 0 bridgehead atoms. The molecule has 0 aromatic heterocycles. The van der Waals surface area contributed by atoms with Gasteiger partial charge in [-0.2, -0.15) is 0 Å². The van der Waals surface area contributed by atoms with E-state index < -0.39 is 17.4 Å². The van der Waals surface area contributed by atoms with Crippen LogP contribution in [0.2, 0.25) is 0 Å². The number of carbonyl (C=O) groups excluding carboxylic acids is 2. The molecule has 2 aliphatic rings. The van der Waals surface area contributed by atoms with Crippen molar-refractivity contribution in [1.29, 1.82) is 5.41 Å². The first kappa shape index (κ1) is 19.8. The fourth-order valence-electron chi connectivity index (χ4n) is 2.99. The monoisotopic (exact) mass is 360 g/mol. The Kier molecular flexibility index (Phi) is 6.23. The summed E-state index contributed by atoms with van der Waals surface area (Å²) in [5.41, 5.74) is 4.91. The average Bonchev–Trinajstić information content (AvgIpc) is 3.08. The van der Waals surface area contributed by atoms with E-state index in [4.69, 9.17) is 15.9 Å². The van der Waals surface area contributed by atoms with Crippen molar-refractivity contribution >= 4 is 17.5 Å². The highest BCUT2D eigenvalue weighted by molar-refractivity contribution is 6.15. The molecule has 0 aromatic carbocycles. The molecular formula is C19H28N4O3. The van der Waals surface area contributed by atoms with Gasteiger partial charge in [0.1, 0.15) is 17.0 Å². The van der Waals surface area contributed by atoms with Crippen LogP contribution in [0, 0.1) is 11.3 Å². The lowest BCUT2D eigenvalue weighted by atomic mass is 10.00. The molecule has 5 N–H and O–H groups in total. The Balaban J connectivity index is 2.18. The highest BCUT2D eigenvalue weighted by atomic mass is 16.5. The summed E-state index contributed by atoms with van der Waals surface area (Å²) < 4.78 is 5.87. The molecular weight excluding hydrogens is 332 g/mol. The number of ether oxygens (including phenoxy) is 1. The van der Waals surface area contributed by atoms with E-state index >= 15 is 0 Å². The SMILES string of the molecule is CN/C(C(=O)NC(C)(C)C(N)=O)=C1/C=C(OCC2CCCC2)C=CC1=N. The third-order valence-electron chi connectivity index (χ3n) is 4.74. The third-order valence-corrected chi connectivity index (χ3v) is 4.74. The molecule has 0 radical (unpaired) electrons. The molecule has 1 fully saturated rings. The lowest BCUT2D eigenvalue weighted by molar-refractivity contribution is -0.128. The van der Waals surface area contributed by atoms with Crippen LogP contribution in [0.3, 0.4) is 0 Å². The fourth-order valence-corrected chi connectivity index (χ4v) is 2.99. The van der Waals surface area contributed by atoms with Gasteiger partial charge in [0.2, 0.25) is 5.91 Å². The van der Waals surface area contributed by atoms with Crippen LogP contribution in [0.5, 0.6) is 0 Å². The van der Waals surface area contributed by atoms with Crippen LogP contribution in [-0.2, 0) is 14.3 Å². The number of nitrogens with one attached hydrogen (secondary N) is 3. The van der Waals surface area contributed by atoms with Crippen molar-refractivity contribution in [3.8, 4) is 0 Å². The smallest absolute Gasteiger partial charge is 0.268 e. The van der Waals surface area contributed by atoms with Gasteiger partial charge in [0.25, 0.3) is 5.91 Å². The van der Waals surface area contributed by atoms with Crippen molar-refractivity contribution in [3.05, 3.63) is 35.3 Å². The van der Waals surface area contributed by atoms with Crippen molar-refractivity contribution < 1.29 is 14.3 Å². The number of carbonyl (C=O) groups is 2. The fraction of sp³-hybridized carbons (Fsp3) is 0.526. The van der Waals surface area contributed by atoms with Gasteiger partial charge in [0.05, 0.1) is 12.3 Å². The minimum absolute atomic E-state index is 0.189. The maximum absolute atomic E-state index is 12.6. The lowest BCUT2D eigenvalue weighted by Gasteiger charge is -2.24. The molecule has 1 saturated carbocycles. The van der Waals surface area contributed by atoms with Crippen LogP contribution in [0.25, 0.3) is 0 Å². The maximum atomic E-state index is 12.6. The van der Waals surface area contributed by atoms with E-state index in [1.54, 1.807) is 25.3 Å². The molecule has 7 heteroatoms. The number of rotatable bonds is 7. The number of hydrogen-bond acceptors (Lipinski definition) is 5. The zero-order chi connectivity index (χ0) is 19.3. The molecule has 0 atom stereocenters. The molecule has 0 spiro atoms. The topological polar surface area (TPSA) is 117 Å². The van der Waals surface area contributed by atoms with Gasteiger partial charge in [0, 0.05) is 12.6 Å². The second kappa shape index (κ2) is 8.21. The van der Waals surface area contributed by atoms with Crippen LogP contribution in [0.1, 0.15) is 39.5 Å². The second-order valence-corrected chi connectivity index (χ2v) is 7.24. The van der Waals surface area contributed by atoms with Crippen LogP contribution in [0.4, 0.5) is 0 Å². The predicted octanol–water partition coefficient (Wildman–Crippen LogP) is 1.52. The standard InChI is InChI=1S/C19H28N4O3/c1-19(2,18(21)25)23-17(24)16(22-3)14-10-13(8-9-15(14)20)26-11-12-6-4-5-7-12/h8-10,12,20,22H,4-7,11H2,1-3H3,(H2,21,25)(H,23,24)/b16-14-,20-15?. The van der Waals surface area contributed by atoms with Crippen LogP contribution < -0.4 is 16.4 Å². The number of likely N-dealkylation sites (N-methyl/N-ethyl adjacent to an activating group) is 1. The molecule has 0 saturated heterocycles. The third kappa shape index (κ3) is 4.74. The zero-order valence-electron chi connectivity index (χ0n) is 15.6. The highest BCUT2D eigenvalue weighted by Crippen LogP contribution is 2.26. The molecule has 0 aliphatic heterocycles. The van der Waals surface area contributed by atoms with Crippen molar-refractivity contribution in [2.24, 2.45) is 11.7 Å². The first-order valence-electron chi connectivity index (χ1n) is 8.90. The number of hydrogen-bond donors (Lipinski definition) is 4. The Hall–Kier alpha value is -2.57. The van der Waals surface area contributed by atoms with E-state index in [0.29, 0.717) is 23.9 Å². The molecule has 0 unspecified atom stereocenters. The molecule has 26 heavy (non-hydrogen) atoms. The maximum Gasteiger partial charge on any atom is 0.268 e.